The van der Waals surface area contributed by atoms with E-state index in [4.69, 9.17) is 30.3 Å². The van der Waals surface area contributed by atoms with E-state index >= 15 is 0 Å². The van der Waals surface area contributed by atoms with Gasteiger partial charge in [0.1, 0.15) is 6.23 Å². The van der Waals surface area contributed by atoms with E-state index in [9.17, 15) is 14.3 Å². The summed E-state index contributed by atoms with van der Waals surface area (Å²) in [5.74, 6) is -0.439. The predicted molar refractivity (Wildman–Crippen MR) is 120 cm³/mol. The number of nitrogens with one attached hydrogen (secondary N) is 1. The second kappa shape index (κ2) is 10.6. The molecule has 1 aliphatic rings. The summed E-state index contributed by atoms with van der Waals surface area (Å²) >= 11 is 6.08. The summed E-state index contributed by atoms with van der Waals surface area (Å²) in [6.07, 6.45) is 1.92. The van der Waals surface area contributed by atoms with Crippen molar-refractivity contribution in [3.05, 3.63) is 11.6 Å². The first kappa shape index (κ1) is 25.8. The van der Waals surface area contributed by atoms with Crippen LogP contribution in [0.3, 0.4) is 0 Å². The van der Waals surface area contributed by atoms with Crippen LogP contribution in [-0.2, 0) is 28.1 Å². The largest absolute Gasteiger partial charge is 0.463 e. The third-order valence-corrected chi connectivity index (χ3v) is 7.35. The number of imidazole rings is 1. The molecule has 0 aromatic carbocycles. The van der Waals surface area contributed by atoms with E-state index in [2.05, 4.69) is 20.3 Å². The minimum absolute atomic E-state index is 0.0267. The Kier molecular flexibility index (Phi) is 8.31. The van der Waals surface area contributed by atoms with Crippen molar-refractivity contribution in [2.75, 3.05) is 31.7 Å². The topological polar surface area (TPSA) is 147 Å². The molecule has 14 heteroatoms. The number of ether oxygens (including phenoxy) is 3. The van der Waals surface area contributed by atoms with Crippen molar-refractivity contribution in [3.63, 3.8) is 0 Å². The van der Waals surface area contributed by atoms with E-state index in [0.29, 0.717) is 36.4 Å². The molecule has 1 saturated heterocycles. The average Bonchev–Trinajstić information content (AvgIpc) is 3.39. The van der Waals surface area contributed by atoms with Crippen LogP contribution in [0, 0.1) is 0 Å². The van der Waals surface area contributed by atoms with Crippen molar-refractivity contribution in [1.82, 2.24) is 19.5 Å². The molecular formula is C19H29ClN5O7P. The number of hydrogen-bond acceptors (Lipinski definition) is 10. The van der Waals surface area contributed by atoms with Gasteiger partial charge < -0.3 is 28.9 Å². The number of aromatic nitrogens is 4. The first-order chi connectivity index (χ1) is 15.7. The highest BCUT2D eigenvalue weighted by atomic mass is 35.5. The Hall–Kier alpha value is -1.82. The van der Waals surface area contributed by atoms with Gasteiger partial charge in [-0.2, -0.15) is 9.97 Å². The van der Waals surface area contributed by atoms with E-state index in [1.54, 1.807) is 24.7 Å². The number of nitrogens with zero attached hydrogens (tertiary/aromatic N) is 4. The maximum atomic E-state index is 12.7. The van der Waals surface area contributed by atoms with Crippen LogP contribution in [-0.4, -0.2) is 68.2 Å². The van der Waals surface area contributed by atoms with Gasteiger partial charge in [-0.15, -0.1) is 0 Å². The minimum atomic E-state index is -4.48. The molecule has 12 nitrogen and oxygen atoms in total. The molecule has 3 rings (SSSR count). The van der Waals surface area contributed by atoms with Gasteiger partial charge in [0.15, 0.2) is 17.0 Å². The second-order valence-corrected chi connectivity index (χ2v) is 9.93. The van der Waals surface area contributed by atoms with Crippen LogP contribution in [0.25, 0.3) is 11.2 Å². The Morgan fingerprint density at radius 2 is 2.12 bits per heavy atom. The van der Waals surface area contributed by atoms with Gasteiger partial charge in [0.25, 0.3) is 5.34 Å². The maximum absolute atomic E-state index is 12.7. The number of halogens is 1. The Morgan fingerprint density at radius 3 is 2.79 bits per heavy atom. The molecule has 184 valence electrons. The van der Waals surface area contributed by atoms with E-state index in [0.717, 1.165) is 0 Å². The van der Waals surface area contributed by atoms with Crippen molar-refractivity contribution >= 4 is 42.1 Å². The van der Waals surface area contributed by atoms with Crippen LogP contribution in [0.4, 0.5) is 5.82 Å². The molecule has 0 saturated carbocycles. The number of rotatable bonds is 11. The lowest BCUT2D eigenvalue weighted by molar-refractivity contribution is -0.165. The Morgan fingerprint density at radius 1 is 1.36 bits per heavy atom. The standard InChI is InChI=1S/C19H29ClN5O7P/c1-5-21-15-14-16(24-18(20)23-15)25(11-22-14)13-9-8-12(32-13)10-30-19(4,17(26)29-6-2)33(27,28)31-7-3/h11-13H,5-10H2,1-4H3,(H,27,28)(H,21,23,24)/t12-,13+,19?/m0/s1. The summed E-state index contributed by atoms with van der Waals surface area (Å²) in [5.41, 5.74) is 1.09. The third kappa shape index (κ3) is 5.31. The van der Waals surface area contributed by atoms with E-state index in [-0.39, 0.29) is 25.1 Å². The van der Waals surface area contributed by atoms with E-state index in [1.807, 2.05) is 6.92 Å². The molecule has 0 spiro atoms. The zero-order valence-corrected chi connectivity index (χ0v) is 20.6. The van der Waals surface area contributed by atoms with Crippen LogP contribution in [0.1, 0.15) is 46.8 Å². The highest BCUT2D eigenvalue weighted by molar-refractivity contribution is 7.55. The van der Waals surface area contributed by atoms with Gasteiger partial charge >= 0.3 is 13.6 Å². The monoisotopic (exact) mass is 505 g/mol. The summed E-state index contributed by atoms with van der Waals surface area (Å²) in [7, 11) is -4.48. The van der Waals surface area contributed by atoms with Crippen LogP contribution < -0.4 is 5.32 Å². The highest BCUT2D eigenvalue weighted by Gasteiger charge is 2.54. The molecule has 1 aliphatic heterocycles. The molecule has 2 unspecified atom stereocenters. The minimum Gasteiger partial charge on any atom is -0.463 e. The Balaban J connectivity index is 1.74. The SMILES string of the molecule is CCNc1nc(Cl)nc2c1ncn2[C@H]1CC[C@@H](COC(C)(C(=O)OCC)P(=O)(O)OCC)O1. The number of esters is 1. The first-order valence-corrected chi connectivity index (χ1v) is 12.7. The molecule has 3 heterocycles. The summed E-state index contributed by atoms with van der Waals surface area (Å²) in [6, 6.07) is 0. The van der Waals surface area contributed by atoms with Gasteiger partial charge in [-0.05, 0) is 52.1 Å². The predicted octanol–water partition coefficient (Wildman–Crippen LogP) is 3.11. The molecule has 33 heavy (non-hydrogen) atoms. The molecule has 2 N–H and O–H groups in total. The van der Waals surface area contributed by atoms with Crippen molar-refractivity contribution in [1.29, 1.82) is 0 Å². The van der Waals surface area contributed by atoms with Gasteiger partial charge in [-0.3, -0.25) is 9.13 Å². The smallest absolute Gasteiger partial charge is 0.370 e. The fourth-order valence-electron chi connectivity index (χ4n) is 3.48. The Labute approximate surface area is 196 Å². The highest BCUT2D eigenvalue weighted by Crippen LogP contribution is 2.56. The molecular weight excluding hydrogens is 477 g/mol. The zero-order valence-electron chi connectivity index (χ0n) is 19.0. The van der Waals surface area contributed by atoms with Crippen LogP contribution in [0.2, 0.25) is 5.28 Å². The summed E-state index contributed by atoms with van der Waals surface area (Å²) in [4.78, 5) is 35.6. The fourth-order valence-corrected chi connectivity index (χ4v) is 4.77. The van der Waals surface area contributed by atoms with Crippen molar-refractivity contribution in [2.45, 2.75) is 58.2 Å². The van der Waals surface area contributed by atoms with E-state index < -0.39 is 31.2 Å². The van der Waals surface area contributed by atoms with Gasteiger partial charge in [-0.1, -0.05) is 0 Å². The number of carbonyl (C=O) groups is 1. The number of fused-ring (bicyclic) bond motifs is 1. The van der Waals surface area contributed by atoms with Gasteiger partial charge in [-0.25, -0.2) is 9.78 Å². The molecule has 1 fully saturated rings. The number of hydrogen-bond donors (Lipinski definition) is 2. The van der Waals surface area contributed by atoms with Crippen LogP contribution in [0.5, 0.6) is 0 Å². The third-order valence-electron chi connectivity index (χ3n) is 5.18. The Bertz CT molecular complexity index is 1040. The summed E-state index contributed by atoms with van der Waals surface area (Å²) in [5, 5.41) is 1.01. The molecule has 4 atom stereocenters. The number of carbonyl (C=O) groups excluding carboxylic acids is 1. The molecule has 0 amide bonds. The van der Waals surface area contributed by atoms with Gasteiger partial charge in [0.05, 0.1) is 32.3 Å². The summed E-state index contributed by atoms with van der Waals surface area (Å²) in [6.45, 7) is 6.76. The van der Waals surface area contributed by atoms with E-state index in [1.165, 1.54) is 6.92 Å². The quantitative estimate of drug-likeness (QED) is 0.263. The van der Waals surface area contributed by atoms with Crippen LogP contribution in [0.15, 0.2) is 6.33 Å². The lowest BCUT2D eigenvalue weighted by atomic mass is 10.2. The van der Waals surface area contributed by atoms with Gasteiger partial charge in [0.2, 0.25) is 5.28 Å². The number of anilines is 1. The first-order valence-electron chi connectivity index (χ1n) is 10.7. The fraction of sp³-hybridized carbons (Fsp3) is 0.684. The zero-order chi connectivity index (χ0) is 24.2. The van der Waals surface area contributed by atoms with Crippen molar-refractivity contribution < 1.29 is 33.0 Å². The molecule has 2 aromatic heterocycles. The average molecular weight is 506 g/mol. The molecule has 2 aromatic rings. The maximum Gasteiger partial charge on any atom is 0.370 e. The normalized spacial score (nSPS) is 22.1. The van der Waals surface area contributed by atoms with Gasteiger partial charge in [0, 0.05) is 6.54 Å². The summed E-state index contributed by atoms with van der Waals surface area (Å²) < 4.78 is 36.1. The molecule has 0 aliphatic carbocycles. The van der Waals surface area contributed by atoms with Crippen molar-refractivity contribution in [3.8, 4) is 0 Å². The second-order valence-electron chi connectivity index (χ2n) is 7.44. The molecule has 0 bridgehead atoms. The lowest BCUT2D eigenvalue weighted by Crippen LogP contribution is -2.42. The van der Waals surface area contributed by atoms with Crippen molar-refractivity contribution in [2.24, 2.45) is 0 Å². The lowest BCUT2D eigenvalue weighted by Gasteiger charge is -2.31. The van der Waals surface area contributed by atoms with Crippen LogP contribution >= 0.6 is 19.2 Å². The molecule has 0 radical (unpaired) electrons.